The molecule has 2 aromatic heterocycles. The molecule has 6 nitrogen and oxygen atoms in total. The van der Waals surface area contributed by atoms with Crippen LogP contribution in [0.1, 0.15) is 15.9 Å². The van der Waals surface area contributed by atoms with Crippen molar-refractivity contribution in [1.82, 2.24) is 20.4 Å². The van der Waals surface area contributed by atoms with Gasteiger partial charge in [0.1, 0.15) is 0 Å². The molecule has 0 saturated heterocycles. The predicted molar refractivity (Wildman–Crippen MR) is 78.8 cm³/mol. The second kappa shape index (κ2) is 5.87. The highest BCUT2D eigenvalue weighted by Crippen LogP contribution is 2.11. The van der Waals surface area contributed by atoms with Gasteiger partial charge in [0.25, 0.3) is 5.91 Å². The Morgan fingerprint density at radius 3 is 2.86 bits per heavy atom. The van der Waals surface area contributed by atoms with E-state index in [2.05, 4.69) is 25.5 Å². The van der Waals surface area contributed by atoms with Crippen molar-refractivity contribution in [2.24, 2.45) is 5.10 Å². The minimum atomic E-state index is -0.314. The van der Waals surface area contributed by atoms with Crippen LogP contribution in [0.3, 0.4) is 0 Å². The molecule has 0 spiro atoms. The number of carbonyl (C=O) groups is 1. The molecular weight excluding hydrogens is 266 g/mol. The van der Waals surface area contributed by atoms with Crippen molar-refractivity contribution in [3.8, 4) is 0 Å². The maximum absolute atomic E-state index is 11.8. The van der Waals surface area contributed by atoms with Crippen molar-refractivity contribution >= 4 is 23.2 Å². The van der Waals surface area contributed by atoms with Crippen LogP contribution in [0.5, 0.6) is 0 Å². The fraction of sp³-hybridized carbons (Fsp3) is 0. The van der Waals surface area contributed by atoms with Crippen LogP contribution in [0.2, 0.25) is 0 Å². The van der Waals surface area contributed by atoms with Crippen LogP contribution in [0, 0.1) is 0 Å². The number of rotatable bonds is 3. The Balaban J connectivity index is 1.78. The zero-order chi connectivity index (χ0) is 14.5. The van der Waals surface area contributed by atoms with Gasteiger partial charge in [-0.1, -0.05) is 12.1 Å². The highest BCUT2D eigenvalue weighted by atomic mass is 16.2. The summed E-state index contributed by atoms with van der Waals surface area (Å²) in [4.78, 5) is 24.2. The molecule has 0 bridgehead atoms. The molecule has 102 valence electrons. The first-order valence-electron chi connectivity index (χ1n) is 6.28. The van der Waals surface area contributed by atoms with Crippen LogP contribution in [0.15, 0.2) is 60.2 Å². The molecule has 0 radical (unpaired) electrons. The Kier molecular flexibility index (Phi) is 3.60. The van der Waals surface area contributed by atoms with E-state index in [9.17, 15) is 4.79 Å². The molecule has 0 aliphatic rings. The van der Waals surface area contributed by atoms with Gasteiger partial charge < -0.3 is 0 Å². The molecule has 0 aliphatic carbocycles. The highest BCUT2D eigenvalue weighted by molar-refractivity contribution is 5.97. The van der Waals surface area contributed by atoms with Crippen molar-refractivity contribution in [3.63, 3.8) is 0 Å². The van der Waals surface area contributed by atoms with E-state index in [4.69, 9.17) is 0 Å². The molecular formula is C15H11N5O. The minimum Gasteiger partial charge on any atom is -0.267 e. The van der Waals surface area contributed by atoms with Crippen molar-refractivity contribution in [1.29, 1.82) is 0 Å². The van der Waals surface area contributed by atoms with Crippen molar-refractivity contribution in [3.05, 3.63) is 66.2 Å². The smallest absolute Gasteiger partial charge is 0.267 e. The number of nitrogens with zero attached hydrogens (tertiary/aromatic N) is 4. The number of pyridine rings is 1. The topological polar surface area (TPSA) is 80.1 Å². The molecule has 1 amide bonds. The van der Waals surface area contributed by atoms with E-state index in [0.717, 1.165) is 16.6 Å². The number of amides is 1. The lowest BCUT2D eigenvalue weighted by Crippen LogP contribution is -2.17. The molecule has 1 N–H and O–H groups in total. The van der Waals surface area contributed by atoms with Gasteiger partial charge in [-0.25, -0.2) is 5.43 Å². The number of hydrogen-bond donors (Lipinski definition) is 1. The monoisotopic (exact) mass is 277 g/mol. The third-order valence-corrected chi connectivity index (χ3v) is 2.82. The Labute approximate surface area is 120 Å². The fourth-order valence-electron chi connectivity index (χ4n) is 1.84. The summed E-state index contributed by atoms with van der Waals surface area (Å²) in [7, 11) is 0. The van der Waals surface area contributed by atoms with Crippen molar-refractivity contribution in [2.45, 2.75) is 0 Å². The normalized spacial score (nSPS) is 10.9. The molecule has 1 aromatic carbocycles. The lowest BCUT2D eigenvalue weighted by atomic mass is 10.2. The Bertz CT molecular complexity index is 796. The van der Waals surface area contributed by atoms with Crippen LogP contribution in [0.4, 0.5) is 0 Å². The van der Waals surface area contributed by atoms with Gasteiger partial charge in [0.05, 0.1) is 22.8 Å². The summed E-state index contributed by atoms with van der Waals surface area (Å²) in [6, 6.07) is 8.95. The van der Waals surface area contributed by atoms with E-state index in [0.29, 0.717) is 5.56 Å². The fourth-order valence-corrected chi connectivity index (χ4v) is 1.84. The van der Waals surface area contributed by atoms with E-state index in [1.807, 2.05) is 18.2 Å². The van der Waals surface area contributed by atoms with E-state index in [-0.39, 0.29) is 5.91 Å². The summed E-state index contributed by atoms with van der Waals surface area (Å²) in [5.41, 5.74) is 5.20. The quantitative estimate of drug-likeness (QED) is 0.584. The van der Waals surface area contributed by atoms with Gasteiger partial charge in [0, 0.05) is 30.4 Å². The summed E-state index contributed by atoms with van der Waals surface area (Å²) in [5, 5.41) is 3.95. The molecule has 21 heavy (non-hydrogen) atoms. The summed E-state index contributed by atoms with van der Waals surface area (Å²) in [6.07, 6.45) is 7.88. The maximum atomic E-state index is 11.8. The number of benzene rings is 1. The zero-order valence-electron chi connectivity index (χ0n) is 11.0. The molecule has 0 unspecified atom stereocenters. The summed E-state index contributed by atoms with van der Waals surface area (Å²) in [6.45, 7) is 0. The van der Waals surface area contributed by atoms with Crippen LogP contribution in [0.25, 0.3) is 11.0 Å². The average molecular weight is 277 g/mol. The lowest BCUT2D eigenvalue weighted by Gasteiger charge is -2.00. The number of hydrazone groups is 1. The predicted octanol–water partition coefficient (Wildman–Crippen LogP) is 1.79. The third kappa shape index (κ3) is 2.89. The number of nitrogens with one attached hydrogen (secondary N) is 1. The van der Waals surface area contributed by atoms with E-state index < -0.39 is 0 Å². The van der Waals surface area contributed by atoms with Crippen LogP contribution in [-0.2, 0) is 0 Å². The average Bonchev–Trinajstić information content (AvgIpc) is 2.56. The van der Waals surface area contributed by atoms with Crippen molar-refractivity contribution in [2.75, 3.05) is 0 Å². The van der Waals surface area contributed by atoms with E-state index in [1.54, 1.807) is 36.9 Å². The van der Waals surface area contributed by atoms with Gasteiger partial charge in [-0.05, 0) is 18.2 Å². The Hall–Kier alpha value is -3.15. The van der Waals surface area contributed by atoms with Crippen molar-refractivity contribution < 1.29 is 4.79 Å². The lowest BCUT2D eigenvalue weighted by molar-refractivity contribution is 0.0955. The SMILES string of the molecule is O=C(N/N=C/c1cccc2nccnc12)c1cccnc1. The van der Waals surface area contributed by atoms with E-state index >= 15 is 0 Å². The molecule has 0 fully saturated rings. The summed E-state index contributed by atoms with van der Waals surface area (Å²) >= 11 is 0. The molecule has 6 heteroatoms. The van der Waals surface area contributed by atoms with Gasteiger partial charge >= 0.3 is 0 Å². The maximum Gasteiger partial charge on any atom is 0.272 e. The first-order chi connectivity index (χ1) is 10.3. The molecule has 2 heterocycles. The van der Waals surface area contributed by atoms with E-state index in [1.165, 1.54) is 6.20 Å². The molecule has 0 atom stereocenters. The summed E-state index contributed by atoms with van der Waals surface area (Å²) < 4.78 is 0. The number of fused-ring (bicyclic) bond motifs is 1. The van der Waals surface area contributed by atoms with Crippen LogP contribution < -0.4 is 5.43 Å². The molecule has 0 saturated carbocycles. The van der Waals surface area contributed by atoms with Gasteiger partial charge in [-0.2, -0.15) is 5.10 Å². The Morgan fingerprint density at radius 2 is 2.00 bits per heavy atom. The second-order valence-electron chi connectivity index (χ2n) is 4.21. The van der Waals surface area contributed by atoms with Gasteiger partial charge in [-0.3, -0.25) is 19.7 Å². The first-order valence-corrected chi connectivity index (χ1v) is 6.28. The number of aromatic nitrogens is 3. The second-order valence-corrected chi connectivity index (χ2v) is 4.21. The van der Waals surface area contributed by atoms with Gasteiger partial charge in [0.2, 0.25) is 0 Å². The standard InChI is InChI=1S/C15H11N5O/c21-15(12-4-2-6-16-9-12)20-19-10-11-3-1-5-13-14(11)18-8-7-17-13/h1-10H,(H,20,21)/b19-10+. The van der Waals surface area contributed by atoms with Crippen LogP contribution in [-0.4, -0.2) is 27.1 Å². The van der Waals surface area contributed by atoms with Crippen LogP contribution >= 0.6 is 0 Å². The first kappa shape index (κ1) is 12.9. The van der Waals surface area contributed by atoms with Gasteiger partial charge in [-0.15, -0.1) is 0 Å². The summed E-state index contributed by atoms with van der Waals surface area (Å²) in [5.74, 6) is -0.314. The molecule has 0 aliphatic heterocycles. The Morgan fingerprint density at radius 1 is 1.10 bits per heavy atom. The molecule has 3 aromatic rings. The number of para-hydroxylation sites is 1. The number of carbonyl (C=O) groups excluding carboxylic acids is 1. The highest BCUT2D eigenvalue weighted by Gasteiger charge is 2.03. The minimum absolute atomic E-state index is 0.314. The largest absolute Gasteiger partial charge is 0.272 e. The number of hydrogen-bond acceptors (Lipinski definition) is 5. The van der Waals surface area contributed by atoms with Gasteiger partial charge in [0.15, 0.2) is 0 Å². The molecule has 3 rings (SSSR count). The third-order valence-electron chi connectivity index (χ3n) is 2.82. The zero-order valence-corrected chi connectivity index (χ0v) is 11.0.